The number of hydrogen-bond acceptors (Lipinski definition) is 3. The van der Waals surface area contributed by atoms with Crippen molar-refractivity contribution in [3.05, 3.63) is 34.1 Å². The lowest BCUT2D eigenvalue weighted by Gasteiger charge is -2.36. The monoisotopic (exact) mass is 342 g/mol. The molecule has 1 rings (SSSR count). The molecule has 0 aliphatic rings. The largest absolute Gasteiger partial charge is 0.544 e. The van der Waals surface area contributed by atoms with Crippen molar-refractivity contribution < 1.29 is 8.63 Å². The lowest BCUT2D eigenvalue weighted by atomic mass is 10.2. The highest BCUT2D eigenvalue weighted by molar-refractivity contribution is 8.16. The first-order valence-corrected chi connectivity index (χ1v) is 12.6. The van der Waals surface area contributed by atoms with E-state index in [1.54, 1.807) is 6.26 Å². The van der Waals surface area contributed by atoms with E-state index in [4.69, 9.17) is 4.43 Å². The van der Waals surface area contributed by atoms with Crippen molar-refractivity contribution in [3.8, 4) is 5.75 Å². The second-order valence-corrected chi connectivity index (χ2v) is 13.7. The molecule has 118 valence electrons. The van der Waals surface area contributed by atoms with Crippen LogP contribution >= 0.6 is 11.8 Å². The number of thioether (sulfide) groups is 1. The molecule has 1 aromatic rings. The summed E-state index contributed by atoms with van der Waals surface area (Å²) < 4.78 is 18.7. The lowest BCUT2D eigenvalue weighted by Crippen LogP contribution is -2.43. The van der Waals surface area contributed by atoms with Crippen molar-refractivity contribution in [1.29, 1.82) is 0 Å². The summed E-state index contributed by atoms with van der Waals surface area (Å²) in [5.74, 6) is 0.919. The zero-order valence-corrected chi connectivity index (χ0v) is 16.7. The highest BCUT2D eigenvalue weighted by Crippen LogP contribution is 2.37. The van der Waals surface area contributed by atoms with Crippen LogP contribution in [0.3, 0.4) is 0 Å². The standard InChI is InChI=1S/C16H26O2S2Si/c1-16(2,3)21(6,7)18-14-10-8-13(9-11-14)12-15(19-4)20(5)17/h8-12H,1-7H3/b15-12+. The van der Waals surface area contributed by atoms with Gasteiger partial charge in [-0.15, -0.1) is 11.8 Å². The lowest BCUT2D eigenvalue weighted by molar-refractivity contribution is 0.492. The van der Waals surface area contributed by atoms with Crippen molar-refractivity contribution in [2.75, 3.05) is 12.5 Å². The van der Waals surface area contributed by atoms with Crippen LogP contribution in [0.25, 0.3) is 6.08 Å². The molecule has 0 N–H and O–H groups in total. The Labute approximate surface area is 137 Å². The van der Waals surface area contributed by atoms with Crippen molar-refractivity contribution in [1.82, 2.24) is 0 Å². The molecule has 21 heavy (non-hydrogen) atoms. The van der Waals surface area contributed by atoms with E-state index in [-0.39, 0.29) is 5.04 Å². The van der Waals surface area contributed by atoms with Crippen molar-refractivity contribution in [3.63, 3.8) is 0 Å². The Morgan fingerprint density at radius 1 is 1.24 bits per heavy atom. The van der Waals surface area contributed by atoms with Crippen LogP contribution in [0.5, 0.6) is 5.75 Å². The summed E-state index contributed by atoms with van der Waals surface area (Å²) in [6, 6.07) is 8.04. The van der Waals surface area contributed by atoms with Gasteiger partial charge in [-0.3, -0.25) is 4.21 Å². The molecule has 0 saturated heterocycles. The van der Waals surface area contributed by atoms with Crippen molar-refractivity contribution in [2.24, 2.45) is 0 Å². The summed E-state index contributed by atoms with van der Waals surface area (Å²) in [6.07, 6.45) is 5.62. The van der Waals surface area contributed by atoms with E-state index in [9.17, 15) is 4.21 Å². The molecule has 0 heterocycles. The van der Waals surface area contributed by atoms with Crippen LogP contribution in [-0.4, -0.2) is 25.0 Å². The molecular formula is C16H26O2S2Si. The summed E-state index contributed by atoms with van der Waals surface area (Å²) in [4.78, 5) is 0. The minimum absolute atomic E-state index is 0.191. The molecule has 5 heteroatoms. The van der Waals surface area contributed by atoms with Crippen LogP contribution in [0.1, 0.15) is 26.3 Å². The van der Waals surface area contributed by atoms with Gasteiger partial charge in [-0.2, -0.15) is 0 Å². The van der Waals surface area contributed by atoms with E-state index in [0.29, 0.717) is 0 Å². The third-order valence-corrected chi connectivity index (χ3v) is 10.6. The predicted octanol–water partition coefficient (Wildman–Crippen LogP) is 5.11. The maximum absolute atomic E-state index is 11.5. The summed E-state index contributed by atoms with van der Waals surface area (Å²) >= 11 is 1.53. The van der Waals surface area contributed by atoms with Gasteiger partial charge in [0, 0.05) is 6.26 Å². The van der Waals surface area contributed by atoms with E-state index < -0.39 is 19.1 Å². The minimum Gasteiger partial charge on any atom is -0.544 e. The normalized spacial score (nSPS) is 14.9. The van der Waals surface area contributed by atoms with Crippen LogP contribution < -0.4 is 4.43 Å². The van der Waals surface area contributed by atoms with Crippen molar-refractivity contribution in [2.45, 2.75) is 38.9 Å². The van der Waals surface area contributed by atoms with E-state index in [1.165, 1.54) is 11.8 Å². The third kappa shape index (κ3) is 5.31. The summed E-state index contributed by atoms with van der Waals surface area (Å²) in [6.45, 7) is 11.2. The molecule has 1 unspecified atom stereocenters. The zero-order chi connectivity index (χ0) is 16.3. The van der Waals surface area contributed by atoms with Crippen LogP contribution in [-0.2, 0) is 10.8 Å². The molecule has 0 aromatic heterocycles. The molecule has 0 fully saturated rings. The molecule has 0 aliphatic heterocycles. The van der Waals surface area contributed by atoms with E-state index >= 15 is 0 Å². The van der Waals surface area contributed by atoms with Gasteiger partial charge in [-0.25, -0.2) is 0 Å². The topological polar surface area (TPSA) is 26.3 Å². The van der Waals surface area contributed by atoms with Gasteiger partial charge in [-0.05, 0) is 48.2 Å². The molecule has 0 bridgehead atoms. The van der Waals surface area contributed by atoms with Gasteiger partial charge in [0.1, 0.15) is 5.75 Å². The number of hydrogen-bond donors (Lipinski definition) is 0. The maximum Gasteiger partial charge on any atom is 0.250 e. The zero-order valence-electron chi connectivity index (χ0n) is 14.0. The first-order valence-electron chi connectivity index (χ1n) is 6.95. The van der Waals surface area contributed by atoms with Crippen LogP contribution in [0.4, 0.5) is 0 Å². The Bertz CT molecular complexity index is 528. The van der Waals surface area contributed by atoms with Crippen molar-refractivity contribution >= 4 is 37.0 Å². The highest BCUT2D eigenvalue weighted by atomic mass is 32.2. The maximum atomic E-state index is 11.5. The Hall–Kier alpha value is -0.523. The fraction of sp³-hybridized carbons (Fsp3) is 0.500. The van der Waals surface area contributed by atoms with Crippen LogP contribution in [0.2, 0.25) is 18.1 Å². The predicted molar refractivity (Wildman–Crippen MR) is 99.8 cm³/mol. The molecule has 2 nitrogen and oxygen atoms in total. The molecule has 0 spiro atoms. The second kappa shape index (κ2) is 7.16. The molecular weight excluding hydrogens is 316 g/mol. The summed E-state index contributed by atoms with van der Waals surface area (Å²) in [7, 11) is -2.73. The Morgan fingerprint density at radius 2 is 1.76 bits per heavy atom. The minimum atomic E-state index is -1.79. The average Bonchev–Trinajstić information content (AvgIpc) is 2.35. The van der Waals surface area contributed by atoms with Gasteiger partial charge < -0.3 is 4.43 Å². The Balaban J connectivity index is 2.91. The number of rotatable bonds is 5. The third-order valence-electron chi connectivity index (χ3n) is 3.83. The fourth-order valence-corrected chi connectivity index (χ4v) is 4.00. The first kappa shape index (κ1) is 18.5. The van der Waals surface area contributed by atoms with Gasteiger partial charge in [-0.1, -0.05) is 32.9 Å². The van der Waals surface area contributed by atoms with E-state index in [0.717, 1.165) is 15.6 Å². The van der Waals surface area contributed by atoms with Gasteiger partial charge in [0.15, 0.2) is 0 Å². The Morgan fingerprint density at radius 3 is 2.14 bits per heavy atom. The summed E-state index contributed by atoms with van der Waals surface area (Å²) in [5.41, 5.74) is 1.05. The second-order valence-electron chi connectivity index (χ2n) is 6.55. The van der Waals surface area contributed by atoms with Gasteiger partial charge >= 0.3 is 0 Å². The van der Waals surface area contributed by atoms with E-state index in [1.807, 2.05) is 36.6 Å². The quantitative estimate of drug-likeness (QED) is 0.696. The van der Waals surface area contributed by atoms with Gasteiger partial charge in [0.25, 0.3) is 0 Å². The molecule has 0 aliphatic carbocycles. The van der Waals surface area contributed by atoms with Gasteiger partial charge in [0.2, 0.25) is 8.32 Å². The Kier molecular flexibility index (Phi) is 6.32. The van der Waals surface area contributed by atoms with Crippen LogP contribution in [0, 0.1) is 0 Å². The first-order chi connectivity index (χ1) is 9.56. The highest BCUT2D eigenvalue weighted by Gasteiger charge is 2.38. The number of benzene rings is 1. The molecule has 0 saturated carbocycles. The summed E-state index contributed by atoms with van der Waals surface area (Å²) in [5, 5.41) is 0.191. The average molecular weight is 343 g/mol. The molecule has 0 radical (unpaired) electrons. The van der Waals surface area contributed by atoms with E-state index in [2.05, 4.69) is 33.9 Å². The smallest absolute Gasteiger partial charge is 0.250 e. The van der Waals surface area contributed by atoms with Crippen LogP contribution in [0.15, 0.2) is 28.5 Å². The molecule has 1 atom stereocenters. The van der Waals surface area contributed by atoms with Gasteiger partial charge in [0.05, 0.1) is 15.0 Å². The fourth-order valence-electron chi connectivity index (χ4n) is 1.48. The SMILES string of the molecule is CS/C(=C\c1ccc(O[Si](C)(C)C(C)(C)C)cc1)S(C)=O. The molecule has 1 aromatic carbocycles. The molecule has 0 amide bonds.